The summed E-state index contributed by atoms with van der Waals surface area (Å²) in [5.74, 6) is -1.82. The van der Waals surface area contributed by atoms with Gasteiger partial charge in [0.05, 0.1) is 5.92 Å². The van der Waals surface area contributed by atoms with Gasteiger partial charge in [-0.05, 0) is 18.9 Å². The molecule has 1 amide bonds. The number of pyridine rings is 1. The summed E-state index contributed by atoms with van der Waals surface area (Å²) in [7, 11) is 0. The Morgan fingerprint density at radius 3 is 2.83 bits per heavy atom. The molecule has 2 unspecified atom stereocenters. The van der Waals surface area contributed by atoms with Gasteiger partial charge in [-0.15, -0.1) is 0 Å². The monoisotopic (exact) mass is 250 g/mol. The van der Waals surface area contributed by atoms with Gasteiger partial charge >= 0.3 is 5.97 Å². The molecule has 0 aromatic carbocycles. The lowest BCUT2D eigenvalue weighted by molar-refractivity contribution is -0.142. The van der Waals surface area contributed by atoms with Crippen molar-refractivity contribution >= 4 is 11.9 Å². The summed E-state index contributed by atoms with van der Waals surface area (Å²) in [6.45, 7) is 0. The van der Waals surface area contributed by atoms with E-state index < -0.39 is 17.8 Å². The molecule has 3 N–H and O–H groups in total. The quantitative estimate of drug-likeness (QED) is 0.721. The van der Waals surface area contributed by atoms with Crippen molar-refractivity contribution in [1.82, 2.24) is 10.3 Å². The number of carboxylic acids is 1. The second-order valence-corrected chi connectivity index (χ2v) is 4.40. The topological polar surface area (TPSA) is 99.3 Å². The molecule has 0 bridgehead atoms. The molecule has 0 radical (unpaired) electrons. The van der Waals surface area contributed by atoms with Crippen LogP contribution in [0.3, 0.4) is 0 Å². The number of hydrogen-bond acceptors (Lipinski definition) is 3. The van der Waals surface area contributed by atoms with E-state index in [9.17, 15) is 14.4 Å². The SMILES string of the molecule is O=C(NC1CCCC1C(=O)O)c1cc[nH]c(=O)c1. The van der Waals surface area contributed by atoms with Gasteiger partial charge in [-0.2, -0.15) is 0 Å². The van der Waals surface area contributed by atoms with Crippen LogP contribution in [0.5, 0.6) is 0 Å². The molecule has 6 nitrogen and oxygen atoms in total. The first-order valence-corrected chi connectivity index (χ1v) is 5.80. The van der Waals surface area contributed by atoms with Crippen LogP contribution in [0.2, 0.25) is 0 Å². The predicted molar refractivity (Wildman–Crippen MR) is 63.3 cm³/mol. The molecule has 1 aromatic rings. The molecule has 18 heavy (non-hydrogen) atoms. The van der Waals surface area contributed by atoms with Crippen LogP contribution in [-0.2, 0) is 4.79 Å². The van der Waals surface area contributed by atoms with Gasteiger partial charge in [0, 0.05) is 23.9 Å². The molecular weight excluding hydrogens is 236 g/mol. The predicted octanol–water partition coefficient (Wildman–Crippen LogP) is 0.358. The van der Waals surface area contributed by atoms with E-state index in [-0.39, 0.29) is 17.2 Å². The summed E-state index contributed by atoms with van der Waals surface area (Å²) < 4.78 is 0. The Morgan fingerprint density at radius 2 is 2.17 bits per heavy atom. The molecule has 0 spiro atoms. The summed E-state index contributed by atoms with van der Waals surface area (Å²) in [5.41, 5.74) is -0.112. The molecule has 6 heteroatoms. The van der Waals surface area contributed by atoms with E-state index >= 15 is 0 Å². The third-order valence-corrected chi connectivity index (χ3v) is 3.19. The normalized spacial score (nSPS) is 22.7. The summed E-state index contributed by atoms with van der Waals surface area (Å²) in [6, 6.07) is 2.33. The Kier molecular flexibility index (Phi) is 3.45. The van der Waals surface area contributed by atoms with Crippen molar-refractivity contribution in [2.75, 3.05) is 0 Å². The van der Waals surface area contributed by atoms with Crippen LogP contribution >= 0.6 is 0 Å². The van der Waals surface area contributed by atoms with Gasteiger partial charge < -0.3 is 15.4 Å². The maximum atomic E-state index is 11.9. The van der Waals surface area contributed by atoms with E-state index in [0.717, 1.165) is 6.42 Å². The molecule has 1 heterocycles. The third-order valence-electron chi connectivity index (χ3n) is 3.19. The number of carboxylic acid groups (broad SMARTS) is 1. The minimum atomic E-state index is -0.885. The van der Waals surface area contributed by atoms with Gasteiger partial charge in [0.1, 0.15) is 0 Å². The number of hydrogen-bond donors (Lipinski definition) is 3. The van der Waals surface area contributed by atoms with Crippen LogP contribution in [-0.4, -0.2) is 28.0 Å². The van der Waals surface area contributed by atoms with Crippen LogP contribution in [0.1, 0.15) is 29.6 Å². The summed E-state index contributed by atoms with van der Waals surface area (Å²) in [6.07, 6.45) is 3.42. The van der Waals surface area contributed by atoms with E-state index in [0.29, 0.717) is 12.8 Å². The van der Waals surface area contributed by atoms with Crippen molar-refractivity contribution in [1.29, 1.82) is 0 Å². The molecule has 1 aromatic heterocycles. The number of aliphatic carboxylic acids is 1. The maximum Gasteiger partial charge on any atom is 0.308 e. The van der Waals surface area contributed by atoms with Gasteiger partial charge in [0.15, 0.2) is 0 Å². The highest BCUT2D eigenvalue weighted by Crippen LogP contribution is 2.25. The lowest BCUT2D eigenvalue weighted by Gasteiger charge is -2.17. The van der Waals surface area contributed by atoms with Crippen molar-refractivity contribution in [3.05, 3.63) is 34.2 Å². The van der Waals surface area contributed by atoms with Crippen LogP contribution in [0.4, 0.5) is 0 Å². The number of aromatic amines is 1. The Balaban J connectivity index is 2.07. The summed E-state index contributed by atoms with van der Waals surface area (Å²) in [5, 5.41) is 11.7. The molecule has 2 atom stereocenters. The van der Waals surface area contributed by atoms with Crippen LogP contribution in [0.15, 0.2) is 23.1 Å². The fourth-order valence-corrected chi connectivity index (χ4v) is 2.27. The van der Waals surface area contributed by atoms with Crippen molar-refractivity contribution in [3.63, 3.8) is 0 Å². The van der Waals surface area contributed by atoms with Gasteiger partial charge in [-0.25, -0.2) is 0 Å². The maximum absolute atomic E-state index is 11.9. The van der Waals surface area contributed by atoms with Crippen molar-refractivity contribution in [2.24, 2.45) is 5.92 Å². The first kappa shape index (κ1) is 12.3. The number of rotatable bonds is 3. The van der Waals surface area contributed by atoms with Crippen LogP contribution in [0, 0.1) is 5.92 Å². The molecule has 1 aliphatic rings. The van der Waals surface area contributed by atoms with Crippen molar-refractivity contribution in [3.8, 4) is 0 Å². The zero-order valence-electron chi connectivity index (χ0n) is 9.68. The number of nitrogens with one attached hydrogen (secondary N) is 2. The molecule has 1 aliphatic carbocycles. The van der Waals surface area contributed by atoms with Gasteiger partial charge in [0.2, 0.25) is 5.56 Å². The minimum Gasteiger partial charge on any atom is -0.481 e. The second-order valence-electron chi connectivity index (χ2n) is 4.40. The summed E-state index contributed by atoms with van der Waals surface area (Å²) >= 11 is 0. The smallest absolute Gasteiger partial charge is 0.308 e. The van der Waals surface area contributed by atoms with Gasteiger partial charge in [-0.3, -0.25) is 14.4 Å². The van der Waals surface area contributed by atoms with E-state index in [4.69, 9.17) is 5.11 Å². The molecule has 2 rings (SSSR count). The van der Waals surface area contributed by atoms with E-state index in [1.165, 1.54) is 18.3 Å². The van der Waals surface area contributed by atoms with Gasteiger partial charge in [-0.1, -0.05) is 6.42 Å². The third kappa shape index (κ3) is 2.58. The average Bonchev–Trinajstić information content (AvgIpc) is 2.77. The van der Waals surface area contributed by atoms with Crippen molar-refractivity contribution in [2.45, 2.75) is 25.3 Å². The second kappa shape index (κ2) is 5.03. The fourth-order valence-electron chi connectivity index (χ4n) is 2.27. The number of carbonyl (C=O) groups is 2. The lowest BCUT2D eigenvalue weighted by Crippen LogP contribution is -2.40. The standard InChI is InChI=1S/C12H14N2O4/c15-10-6-7(4-5-13-10)11(16)14-9-3-1-2-8(9)12(17)18/h4-6,8-9H,1-3H2,(H,13,15)(H,14,16)(H,17,18). The Morgan fingerprint density at radius 1 is 1.39 bits per heavy atom. The number of H-pyrrole nitrogens is 1. The van der Waals surface area contributed by atoms with Gasteiger partial charge in [0.25, 0.3) is 5.91 Å². The Labute approximate surface area is 103 Å². The highest BCUT2D eigenvalue weighted by Gasteiger charge is 2.33. The van der Waals surface area contributed by atoms with Crippen LogP contribution in [0.25, 0.3) is 0 Å². The molecule has 1 fully saturated rings. The lowest BCUT2D eigenvalue weighted by atomic mass is 10.0. The molecular formula is C12H14N2O4. The zero-order valence-corrected chi connectivity index (χ0v) is 9.68. The number of amides is 1. The summed E-state index contributed by atoms with van der Waals surface area (Å²) in [4.78, 5) is 36.3. The Hall–Kier alpha value is -2.11. The average molecular weight is 250 g/mol. The Bertz CT molecular complexity index is 523. The first-order valence-electron chi connectivity index (χ1n) is 5.80. The first-order chi connectivity index (χ1) is 8.58. The van der Waals surface area contributed by atoms with E-state index in [1.54, 1.807) is 0 Å². The van der Waals surface area contributed by atoms with Crippen LogP contribution < -0.4 is 10.9 Å². The molecule has 0 aliphatic heterocycles. The highest BCUT2D eigenvalue weighted by atomic mass is 16.4. The van der Waals surface area contributed by atoms with E-state index in [2.05, 4.69) is 10.3 Å². The van der Waals surface area contributed by atoms with E-state index in [1.807, 2.05) is 0 Å². The zero-order chi connectivity index (χ0) is 13.1. The molecule has 1 saturated carbocycles. The minimum absolute atomic E-state index is 0.245. The number of aromatic nitrogens is 1. The highest BCUT2D eigenvalue weighted by molar-refractivity contribution is 5.94. The molecule has 96 valence electrons. The fraction of sp³-hybridized carbons (Fsp3) is 0.417. The van der Waals surface area contributed by atoms with Crippen molar-refractivity contribution < 1.29 is 14.7 Å². The largest absolute Gasteiger partial charge is 0.481 e. The molecule has 0 saturated heterocycles. The number of carbonyl (C=O) groups excluding carboxylic acids is 1.